The molecule has 0 fully saturated rings. The summed E-state index contributed by atoms with van der Waals surface area (Å²) >= 11 is 11.9. The van der Waals surface area contributed by atoms with Crippen LogP contribution < -0.4 is 15.2 Å². The number of hydrogen-bond donors (Lipinski definition) is 1. The molecule has 1 atom stereocenters. The Balaban J connectivity index is 2.28. The number of benzene rings is 2. The molecule has 20 heavy (non-hydrogen) atoms. The monoisotopic (exact) mass is 311 g/mol. The van der Waals surface area contributed by atoms with Gasteiger partial charge in [0.25, 0.3) is 0 Å². The number of rotatable bonds is 5. The SMILES string of the molecule is COc1ccccc1C(CN)Oc1cc(Cl)cc(Cl)c1. The first-order chi connectivity index (χ1) is 9.63. The lowest BCUT2D eigenvalue weighted by molar-refractivity contribution is 0.209. The minimum Gasteiger partial charge on any atom is -0.496 e. The largest absolute Gasteiger partial charge is 0.496 e. The fourth-order valence-electron chi connectivity index (χ4n) is 1.93. The molecule has 0 amide bonds. The van der Waals surface area contributed by atoms with E-state index in [1.807, 2.05) is 24.3 Å². The molecule has 2 aromatic rings. The van der Waals surface area contributed by atoms with Gasteiger partial charge in [-0.3, -0.25) is 0 Å². The van der Waals surface area contributed by atoms with Gasteiger partial charge in [-0.05, 0) is 24.3 Å². The van der Waals surface area contributed by atoms with Crippen LogP contribution in [-0.4, -0.2) is 13.7 Å². The van der Waals surface area contributed by atoms with Crippen LogP contribution in [0.15, 0.2) is 42.5 Å². The first-order valence-corrected chi connectivity index (χ1v) is 6.85. The van der Waals surface area contributed by atoms with Crippen molar-refractivity contribution >= 4 is 23.2 Å². The molecule has 0 spiro atoms. The zero-order valence-corrected chi connectivity index (χ0v) is 12.5. The second-order valence-corrected chi connectivity index (χ2v) is 5.06. The molecule has 0 heterocycles. The number of methoxy groups -OCH3 is 1. The summed E-state index contributed by atoms with van der Waals surface area (Å²) < 4.78 is 11.2. The van der Waals surface area contributed by atoms with E-state index in [2.05, 4.69) is 0 Å². The maximum Gasteiger partial charge on any atom is 0.139 e. The van der Waals surface area contributed by atoms with E-state index in [1.54, 1.807) is 25.3 Å². The van der Waals surface area contributed by atoms with Gasteiger partial charge < -0.3 is 15.2 Å². The fraction of sp³-hybridized carbons (Fsp3) is 0.200. The number of ether oxygens (including phenoxy) is 2. The van der Waals surface area contributed by atoms with Crippen LogP contribution in [0.25, 0.3) is 0 Å². The number of halogens is 2. The molecular formula is C15H15Cl2NO2. The predicted molar refractivity (Wildman–Crippen MR) is 81.9 cm³/mol. The molecule has 0 saturated carbocycles. The Morgan fingerprint density at radius 3 is 2.35 bits per heavy atom. The van der Waals surface area contributed by atoms with Crippen LogP contribution in [0, 0.1) is 0 Å². The molecule has 2 aromatic carbocycles. The minimum absolute atomic E-state index is 0.310. The van der Waals surface area contributed by atoms with Crippen molar-refractivity contribution in [1.29, 1.82) is 0 Å². The Hall–Kier alpha value is -1.42. The van der Waals surface area contributed by atoms with Gasteiger partial charge in [0.2, 0.25) is 0 Å². The molecule has 0 saturated heterocycles. The van der Waals surface area contributed by atoms with Crippen molar-refractivity contribution in [3.63, 3.8) is 0 Å². The lowest BCUT2D eigenvalue weighted by Gasteiger charge is -2.20. The standard InChI is InChI=1S/C15H15Cl2NO2/c1-19-14-5-3-2-4-13(14)15(9-18)20-12-7-10(16)6-11(17)8-12/h2-8,15H,9,18H2,1H3. The van der Waals surface area contributed by atoms with E-state index in [0.29, 0.717) is 22.3 Å². The maximum atomic E-state index is 5.96. The van der Waals surface area contributed by atoms with Crippen LogP contribution in [0.3, 0.4) is 0 Å². The summed E-state index contributed by atoms with van der Waals surface area (Å²) in [6.45, 7) is 0.310. The molecule has 0 aliphatic rings. The van der Waals surface area contributed by atoms with Crippen molar-refractivity contribution in [2.45, 2.75) is 6.10 Å². The molecule has 106 valence electrons. The molecule has 2 N–H and O–H groups in total. The third kappa shape index (κ3) is 3.57. The molecule has 0 radical (unpaired) electrons. The van der Waals surface area contributed by atoms with Crippen LogP contribution in [0.5, 0.6) is 11.5 Å². The van der Waals surface area contributed by atoms with Crippen molar-refractivity contribution in [3.8, 4) is 11.5 Å². The van der Waals surface area contributed by atoms with Crippen molar-refractivity contribution in [3.05, 3.63) is 58.1 Å². The summed E-state index contributed by atoms with van der Waals surface area (Å²) in [5.74, 6) is 1.31. The first kappa shape index (κ1) is 15.0. The summed E-state index contributed by atoms with van der Waals surface area (Å²) in [6.07, 6.45) is -0.333. The average molecular weight is 312 g/mol. The number of para-hydroxylation sites is 1. The van der Waals surface area contributed by atoms with Crippen LogP contribution in [0.2, 0.25) is 10.0 Å². The van der Waals surface area contributed by atoms with Gasteiger partial charge in [0.05, 0.1) is 7.11 Å². The maximum absolute atomic E-state index is 5.96. The highest BCUT2D eigenvalue weighted by atomic mass is 35.5. The molecule has 3 nitrogen and oxygen atoms in total. The lowest BCUT2D eigenvalue weighted by atomic mass is 10.1. The molecule has 2 rings (SSSR count). The van der Waals surface area contributed by atoms with E-state index < -0.39 is 0 Å². The normalized spacial score (nSPS) is 12.0. The van der Waals surface area contributed by atoms with Crippen molar-refractivity contribution in [2.75, 3.05) is 13.7 Å². The zero-order chi connectivity index (χ0) is 14.5. The van der Waals surface area contributed by atoms with Gasteiger partial charge in [0, 0.05) is 22.2 Å². The van der Waals surface area contributed by atoms with E-state index >= 15 is 0 Å². The second kappa shape index (κ2) is 6.84. The Bertz CT molecular complexity index is 570. The van der Waals surface area contributed by atoms with E-state index in [-0.39, 0.29) is 6.10 Å². The van der Waals surface area contributed by atoms with Gasteiger partial charge in [-0.15, -0.1) is 0 Å². The Labute approximate surface area is 128 Å². The quantitative estimate of drug-likeness (QED) is 0.904. The average Bonchev–Trinajstić information content (AvgIpc) is 2.43. The Morgan fingerprint density at radius 1 is 1.10 bits per heavy atom. The smallest absolute Gasteiger partial charge is 0.139 e. The summed E-state index contributed by atoms with van der Waals surface area (Å²) in [4.78, 5) is 0. The zero-order valence-electron chi connectivity index (χ0n) is 11.0. The summed E-state index contributed by atoms with van der Waals surface area (Å²) in [7, 11) is 1.61. The summed E-state index contributed by atoms with van der Waals surface area (Å²) in [6, 6.07) is 12.6. The first-order valence-electron chi connectivity index (χ1n) is 6.09. The lowest BCUT2D eigenvalue weighted by Crippen LogP contribution is -2.19. The van der Waals surface area contributed by atoms with Gasteiger partial charge in [0.1, 0.15) is 17.6 Å². The van der Waals surface area contributed by atoms with Crippen LogP contribution in [0.4, 0.5) is 0 Å². The van der Waals surface area contributed by atoms with Crippen LogP contribution in [0.1, 0.15) is 11.7 Å². The predicted octanol–water partition coefficient (Wildman–Crippen LogP) is 4.08. The molecule has 5 heteroatoms. The van der Waals surface area contributed by atoms with E-state index in [0.717, 1.165) is 11.3 Å². The van der Waals surface area contributed by atoms with Gasteiger partial charge in [0.15, 0.2) is 0 Å². The van der Waals surface area contributed by atoms with Gasteiger partial charge in [-0.2, -0.15) is 0 Å². The molecule has 0 bridgehead atoms. The topological polar surface area (TPSA) is 44.5 Å². The molecular weight excluding hydrogens is 297 g/mol. The van der Waals surface area contributed by atoms with Gasteiger partial charge in [-0.1, -0.05) is 41.4 Å². The highest BCUT2D eigenvalue weighted by Crippen LogP contribution is 2.31. The number of hydrogen-bond acceptors (Lipinski definition) is 3. The Morgan fingerprint density at radius 2 is 1.75 bits per heavy atom. The second-order valence-electron chi connectivity index (χ2n) is 4.19. The highest BCUT2D eigenvalue weighted by molar-refractivity contribution is 6.34. The summed E-state index contributed by atoms with van der Waals surface area (Å²) in [5.41, 5.74) is 6.69. The van der Waals surface area contributed by atoms with Crippen molar-refractivity contribution in [2.24, 2.45) is 5.73 Å². The van der Waals surface area contributed by atoms with E-state index in [1.165, 1.54) is 0 Å². The van der Waals surface area contributed by atoms with E-state index in [4.69, 9.17) is 38.4 Å². The molecule has 0 aliphatic heterocycles. The third-order valence-corrected chi connectivity index (χ3v) is 3.25. The summed E-state index contributed by atoms with van der Waals surface area (Å²) in [5, 5.41) is 1.03. The van der Waals surface area contributed by atoms with Crippen LogP contribution >= 0.6 is 23.2 Å². The van der Waals surface area contributed by atoms with Gasteiger partial charge in [-0.25, -0.2) is 0 Å². The number of nitrogens with two attached hydrogens (primary N) is 1. The van der Waals surface area contributed by atoms with Crippen molar-refractivity contribution < 1.29 is 9.47 Å². The van der Waals surface area contributed by atoms with Crippen molar-refractivity contribution in [1.82, 2.24) is 0 Å². The molecule has 0 aliphatic carbocycles. The van der Waals surface area contributed by atoms with Crippen LogP contribution in [-0.2, 0) is 0 Å². The Kier molecular flexibility index (Phi) is 5.12. The highest BCUT2D eigenvalue weighted by Gasteiger charge is 2.16. The minimum atomic E-state index is -0.333. The van der Waals surface area contributed by atoms with E-state index in [9.17, 15) is 0 Å². The fourth-order valence-corrected chi connectivity index (χ4v) is 2.44. The molecule has 1 unspecified atom stereocenters. The molecule has 0 aromatic heterocycles. The third-order valence-electron chi connectivity index (χ3n) is 2.81. The van der Waals surface area contributed by atoms with Gasteiger partial charge >= 0.3 is 0 Å².